The SMILES string of the molecule is [C-]#[N+]c1ccc(-c2ccc(-c3nc(-n4c5ccccc5c5cc6ccccc6cc54)nc4ccccc34)cc2)cc1. The zero-order chi connectivity index (χ0) is 27.3. The zero-order valence-electron chi connectivity index (χ0n) is 22.0. The second-order valence-corrected chi connectivity index (χ2v) is 10.2. The lowest BCUT2D eigenvalue weighted by Crippen LogP contribution is -2.03. The molecule has 6 aromatic carbocycles. The van der Waals surface area contributed by atoms with Crippen LogP contribution in [-0.2, 0) is 0 Å². The molecule has 2 heterocycles. The van der Waals surface area contributed by atoms with Crippen molar-refractivity contribution in [1.29, 1.82) is 0 Å². The molecule has 190 valence electrons. The van der Waals surface area contributed by atoms with Gasteiger partial charge in [0.25, 0.3) is 0 Å². The topological polar surface area (TPSA) is 35.1 Å². The smallest absolute Gasteiger partial charge is 0.235 e. The molecule has 0 atom stereocenters. The van der Waals surface area contributed by atoms with Crippen LogP contribution >= 0.6 is 0 Å². The number of hydrogen-bond donors (Lipinski definition) is 0. The predicted octanol–water partition coefficient (Wildman–Crippen LogP) is 9.76. The van der Waals surface area contributed by atoms with Crippen molar-refractivity contribution in [3.8, 4) is 28.3 Å². The summed E-state index contributed by atoms with van der Waals surface area (Å²) in [5, 5.41) is 5.78. The Labute approximate surface area is 236 Å². The first-order chi connectivity index (χ1) is 20.3. The lowest BCUT2D eigenvalue weighted by atomic mass is 10.0. The Balaban J connectivity index is 1.35. The van der Waals surface area contributed by atoms with Gasteiger partial charge in [-0.3, -0.25) is 4.57 Å². The van der Waals surface area contributed by atoms with Gasteiger partial charge in [0.1, 0.15) is 0 Å². The van der Waals surface area contributed by atoms with Gasteiger partial charge in [0.2, 0.25) is 5.95 Å². The van der Waals surface area contributed by atoms with E-state index in [0.29, 0.717) is 11.6 Å². The Morgan fingerprint density at radius 1 is 0.512 bits per heavy atom. The molecule has 0 fully saturated rings. The van der Waals surface area contributed by atoms with Crippen LogP contribution in [0.25, 0.3) is 76.7 Å². The molecule has 0 radical (unpaired) electrons. The van der Waals surface area contributed by atoms with Crippen molar-refractivity contribution in [1.82, 2.24) is 14.5 Å². The van der Waals surface area contributed by atoms with Gasteiger partial charge in [0.05, 0.1) is 28.8 Å². The van der Waals surface area contributed by atoms with E-state index in [-0.39, 0.29) is 0 Å². The highest BCUT2D eigenvalue weighted by atomic mass is 15.2. The molecule has 0 aliphatic carbocycles. The van der Waals surface area contributed by atoms with Crippen molar-refractivity contribution >= 4 is 49.2 Å². The average Bonchev–Trinajstić information content (AvgIpc) is 3.36. The zero-order valence-corrected chi connectivity index (χ0v) is 22.0. The molecule has 0 unspecified atom stereocenters. The maximum Gasteiger partial charge on any atom is 0.235 e. The Morgan fingerprint density at radius 3 is 1.88 bits per heavy atom. The molecule has 0 bridgehead atoms. The maximum absolute atomic E-state index is 7.21. The fourth-order valence-corrected chi connectivity index (χ4v) is 5.80. The van der Waals surface area contributed by atoms with Crippen LogP contribution in [0.5, 0.6) is 0 Å². The largest absolute Gasteiger partial charge is 0.278 e. The van der Waals surface area contributed by atoms with E-state index in [2.05, 4.69) is 106 Å². The van der Waals surface area contributed by atoms with Crippen LogP contribution in [-0.4, -0.2) is 14.5 Å². The summed E-state index contributed by atoms with van der Waals surface area (Å²) in [5.74, 6) is 0.652. The molecule has 0 amide bonds. The fourth-order valence-electron chi connectivity index (χ4n) is 5.80. The summed E-state index contributed by atoms with van der Waals surface area (Å²) in [5.41, 5.74) is 7.81. The summed E-state index contributed by atoms with van der Waals surface area (Å²) < 4.78 is 2.19. The number of hydrogen-bond acceptors (Lipinski definition) is 2. The lowest BCUT2D eigenvalue weighted by Gasteiger charge is -2.12. The summed E-state index contributed by atoms with van der Waals surface area (Å²) in [6.45, 7) is 7.21. The minimum absolute atomic E-state index is 0.642. The van der Waals surface area contributed by atoms with Crippen molar-refractivity contribution in [2.24, 2.45) is 0 Å². The number of aromatic nitrogens is 3. The molecular weight excluding hydrogens is 500 g/mol. The van der Waals surface area contributed by atoms with Gasteiger partial charge < -0.3 is 0 Å². The predicted molar refractivity (Wildman–Crippen MR) is 169 cm³/mol. The van der Waals surface area contributed by atoms with Crippen LogP contribution in [0.15, 0.2) is 133 Å². The number of fused-ring (bicyclic) bond motifs is 5. The van der Waals surface area contributed by atoms with E-state index >= 15 is 0 Å². The van der Waals surface area contributed by atoms with Crippen LogP contribution in [0.4, 0.5) is 5.69 Å². The minimum Gasteiger partial charge on any atom is -0.278 e. The Kier molecular flexibility index (Phi) is 5.16. The van der Waals surface area contributed by atoms with Gasteiger partial charge in [-0.25, -0.2) is 14.8 Å². The lowest BCUT2D eigenvalue weighted by molar-refractivity contribution is 1.01. The summed E-state index contributed by atoms with van der Waals surface area (Å²) in [7, 11) is 0. The molecule has 0 saturated carbocycles. The standard InChI is InChI=1S/C37H22N4/c1-38-29-20-18-25(19-21-29)24-14-16-26(17-15-24)36-31-11-4-6-12-33(31)39-37(40-36)41-34-13-7-5-10-30(34)32-22-27-8-2-3-9-28(27)23-35(32)41/h2-23H. The van der Waals surface area contributed by atoms with Crippen molar-refractivity contribution in [2.45, 2.75) is 0 Å². The fraction of sp³-hybridized carbons (Fsp3) is 0. The van der Waals surface area contributed by atoms with E-state index in [4.69, 9.17) is 16.5 Å². The van der Waals surface area contributed by atoms with Gasteiger partial charge in [-0.05, 0) is 46.2 Å². The highest BCUT2D eigenvalue weighted by Crippen LogP contribution is 2.36. The van der Waals surface area contributed by atoms with Gasteiger partial charge in [0.15, 0.2) is 5.69 Å². The van der Waals surface area contributed by atoms with E-state index < -0.39 is 0 Å². The van der Waals surface area contributed by atoms with E-state index in [9.17, 15) is 0 Å². The van der Waals surface area contributed by atoms with Crippen LogP contribution < -0.4 is 0 Å². The molecule has 0 spiro atoms. The molecule has 0 saturated heterocycles. The third-order valence-corrected chi connectivity index (χ3v) is 7.82. The minimum atomic E-state index is 0.642. The van der Waals surface area contributed by atoms with Crippen molar-refractivity contribution < 1.29 is 0 Å². The molecule has 4 nitrogen and oxygen atoms in total. The average molecular weight is 523 g/mol. The van der Waals surface area contributed by atoms with Crippen LogP contribution in [0.2, 0.25) is 0 Å². The van der Waals surface area contributed by atoms with E-state index in [1.807, 2.05) is 36.4 Å². The maximum atomic E-state index is 7.21. The van der Waals surface area contributed by atoms with Crippen molar-refractivity contribution in [3.63, 3.8) is 0 Å². The second kappa shape index (κ2) is 9.15. The van der Waals surface area contributed by atoms with Crippen molar-refractivity contribution in [2.75, 3.05) is 0 Å². The van der Waals surface area contributed by atoms with Crippen LogP contribution in [0, 0.1) is 6.57 Å². The third-order valence-electron chi connectivity index (χ3n) is 7.82. The summed E-state index contributed by atoms with van der Waals surface area (Å²) in [6, 6.07) is 45.9. The van der Waals surface area contributed by atoms with Gasteiger partial charge in [-0.15, -0.1) is 0 Å². The Morgan fingerprint density at radius 2 is 1.12 bits per heavy atom. The molecule has 0 N–H and O–H groups in total. The second-order valence-electron chi connectivity index (χ2n) is 10.2. The first-order valence-electron chi connectivity index (χ1n) is 13.5. The number of benzene rings is 6. The molecule has 8 rings (SSSR count). The van der Waals surface area contributed by atoms with E-state index in [1.165, 1.54) is 21.5 Å². The summed E-state index contributed by atoms with van der Waals surface area (Å²) in [6.07, 6.45) is 0. The summed E-state index contributed by atoms with van der Waals surface area (Å²) in [4.78, 5) is 13.8. The van der Waals surface area contributed by atoms with Crippen LogP contribution in [0.3, 0.4) is 0 Å². The highest BCUT2D eigenvalue weighted by Gasteiger charge is 2.17. The van der Waals surface area contributed by atoms with Gasteiger partial charge in [-0.1, -0.05) is 109 Å². The quantitative estimate of drug-likeness (QED) is 0.217. The Hall–Kier alpha value is -5.79. The number of rotatable bonds is 3. The highest BCUT2D eigenvalue weighted by molar-refractivity contribution is 6.13. The molecule has 8 aromatic rings. The summed E-state index contributed by atoms with van der Waals surface area (Å²) >= 11 is 0. The molecule has 0 aliphatic heterocycles. The Bertz CT molecular complexity index is 2300. The first kappa shape index (κ1) is 23.1. The normalized spacial score (nSPS) is 11.4. The first-order valence-corrected chi connectivity index (χ1v) is 13.5. The van der Waals surface area contributed by atoms with Gasteiger partial charge >= 0.3 is 0 Å². The molecule has 4 heteroatoms. The number of para-hydroxylation sites is 2. The van der Waals surface area contributed by atoms with Crippen molar-refractivity contribution in [3.05, 3.63) is 145 Å². The molecule has 2 aromatic heterocycles. The molecular formula is C37H22N4. The number of nitrogens with zero attached hydrogens (tertiary/aromatic N) is 4. The van der Waals surface area contributed by atoms with Crippen LogP contribution in [0.1, 0.15) is 0 Å². The van der Waals surface area contributed by atoms with Gasteiger partial charge in [0, 0.05) is 21.7 Å². The molecule has 0 aliphatic rings. The molecule has 41 heavy (non-hydrogen) atoms. The van der Waals surface area contributed by atoms with Gasteiger partial charge in [-0.2, -0.15) is 0 Å². The van der Waals surface area contributed by atoms with E-state index in [1.54, 1.807) is 0 Å². The third kappa shape index (κ3) is 3.76. The monoisotopic (exact) mass is 522 g/mol. The van der Waals surface area contributed by atoms with E-state index in [0.717, 1.165) is 44.3 Å².